The molecule has 4 atom stereocenters. The molecule has 34 heavy (non-hydrogen) atoms. The van der Waals surface area contributed by atoms with E-state index in [1.807, 2.05) is 13.8 Å². The Labute approximate surface area is 198 Å². The van der Waals surface area contributed by atoms with Gasteiger partial charge in [0.1, 0.15) is 18.1 Å². The summed E-state index contributed by atoms with van der Waals surface area (Å²) in [5.74, 6) is -3.30. The molecule has 0 aliphatic rings. The first kappa shape index (κ1) is 29.0. The first-order chi connectivity index (χ1) is 16.1. The number of carbonyl (C=O) groups is 4. The second-order valence-electron chi connectivity index (χ2n) is 8.51. The molecule has 192 valence electrons. The fourth-order valence-corrected chi connectivity index (χ4v) is 3.18. The molecule has 1 aromatic heterocycles. The van der Waals surface area contributed by atoms with Gasteiger partial charge in [0.15, 0.2) is 0 Å². The molecule has 0 radical (unpaired) electrons. The van der Waals surface area contributed by atoms with Crippen molar-refractivity contribution in [3.8, 4) is 0 Å². The molecule has 0 fully saturated rings. The number of rotatable bonds is 16. The second kappa shape index (κ2) is 15.0. The molecule has 4 unspecified atom stereocenters. The third-order valence-electron chi connectivity index (χ3n) is 5.06. The van der Waals surface area contributed by atoms with Gasteiger partial charge in [-0.25, -0.2) is 9.78 Å². The van der Waals surface area contributed by atoms with E-state index in [2.05, 4.69) is 25.9 Å². The molecule has 1 aromatic rings. The number of amides is 3. The fraction of sp³-hybridized carbons (Fsp3) is 0.667. The Morgan fingerprint density at radius 1 is 1.03 bits per heavy atom. The van der Waals surface area contributed by atoms with Crippen LogP contribution in [-0.2, 0) is 25.6 Å². The zero-order valence-corrected chi connectivity index (χ0v) is 19.6. The topological polar surface area (TPSA) is 226 Å². The molecular weight excluding hydrogens is 446 g/mol. The van der Waals surface area contributed by atoms with Crippen LogP contribution in [0.5, 0.6) is 0 Å². The number of nitrogens with zero attached hydrogens (tertiary/aromatic N) is 1. The van der Waals surface area contributed by atoms with Crippen molar-refractivity contribution in [1.82, 2.24) is 25.9 Å². The third-order valence-corrected chi connectivity index (χ3v) is 5.06. The summed E-state index contributed by atoms with van der Waals surface area (Å²) in [7, 11) is 0. The number of unbranched alkanes of at least 4 members (excludes halogenated alkanes) is 1. The highest BCUT2D eigenvalue weighted by atomic mass is 16.4. The van der Waals surface area contributed by atoms with Crippen LogP contribution >= 0.6 is 0 Å². The van der Waals surface area contributed by atoms with Crippen molar-refractivity contribution in [2.75, 3.05) is 13.2 Å². The molecule has 10 N–H and O–H groups in total. The summed E-state index contributed by atoms with van der Waals surface area (Å²) in [6.07, 6.45) is 4.95. The minimum absolute atomic E-state index is 0.0176. The van der Waals surface area contributed by atoms with Gasteiger partial charge in [-0.2, -0.15) is 0 Å². The average Bonchev–Trinajstić information content (AvgIpc) is 3.28. The highest BCUT2D eigenvalue weighted by molar-refractivity contribution is 5.94. The van der Waals surface area contributed by atoms with E-state index in [0.29, 0.717) is 31.5 Å². The SMILES string of the molecule is CC(C)CC(NC(=O)C(N)CCCCN)C(=O)NC(Cc1cnc[nH]1)C(=O)NC(CO)C(=O)O. The number of carboxylic acid groups (broad SMARTS) is 1. The molecule has 0 aliphatic carbocycles. The molecule has 0 aliphatic heterocycles. The summed E-state index contributed by atoms with van der Waals surface area (Å²) >= 11 is 0. The van der Waals surface area contributed by atoms with Crippen LogP contribution in [0.15, 0.2) is 12.5 Å². The van der Waals surface area contributed by atoms with Gasteiger partial charge in [0, 0.05) is 18.3 Å². The maximum atomic E-state index is 13.1. The number of aromatic nitrogens is 2. The molecule has 1 rings (SSSR count). The van der Waals surface area contributed by atoms with E-state index in [0.717, 1.165) is 6.42 Å². The Kier molecular flexibility index (Phi) is 12.8. The molecule has 0 saturated carbocycles. The molecule has 0 spiro atoms. The molecular formula is C21H37N7O6. The lowest BCUT2D eigenvalue weighted by Crippen LogP contribution is -2.58. The van der Waals surface area contributed by atoms with Crippen LogP contribution in [0.2, 0.25) is 0 Å². The van der Waals surface area contributed by atoms with Gasteiger partial charge in [0.2, 0.25) is 17.7 Å². The first-order valence-electron chi connectivity index (χ1n) is 11.3. The number of nitrogens with one attached hydrogen (secondary N) is 4. The van der Waals surface area contributed by atoms with E-state index in [-0.39, 0.29) is 12.3 Å². The van der Waals surface area contributed by atoms with Gasteiger partial charge in [0.05, 0.1) is 19.0 Å². The Hall–Kier alpha value is -3.03. The van der Waals surface area contributed by atoms with Gasteiger partial charge in [-0.05, 0) is 31.7 Å². The van der Waals surface area contributed by atoms with Gasteiger partial charge in [-0.15, -0.1) is 0 Å². The number of hydrogen-bond donors (Lipinski definition) is 8. The van der Waals surface area contributed by atoms with Crippen LogP contribution < -0.4 is 27.4 Å². The maximum Gasteiger partial charge on any atom is 0.328 e. The van der Waals surface area contributed by atoms with Crippen molar-refractivity contribution in [3.05, 3.63) is 18.2 Å². The average molecular weight is 484 g/mol. The molecule has 0 aromatic carbocycles. The maximum absolute atomic E-state index is 13.1. The van der Waals surface area contributed by atoms with Crippen LogP contribution in [0.3, 0.4) is 0 Å². The van der Waals surface area contributed by atoms with Crippen molar-refractivity contribution >= 4 is 23.7 Å². The summed E-state index contributed by atoms with van der Waals surface area (Å²) in [4.78, 5) is 56.2. The molecule has 13 nitrogen and oxygen atoms in total. The van der Waals surface area contributed by atoms with Crippen LogP contribution in [0.1, 0.15) is 45.2 Å². The van der Waals surface area contributed by atoms with Crippen LogP contribution in [0.4, 0.5) is 0 Å². The van der Waals surface area contributed by atoms with Crippen molar-refractivity contribution in [2.45, 2.75) is 70.1 Å². The second-order valence-corrected chi connectivity index (χ2v) is 8.51. The van der Waals surface area contributed by atoms with Gasteiger partial charge < -0.3 is 42.6 Å². The van der Waals surface area contributed by atoms with Crippen molar-refractivity contribution in [2.24, 2.45) is 17.4 Å². The van der Waals surface area contributed by atoms with Crippen LogP contribution in [0.25, 0.3) is 0 Å². The summed E-state index contributed by atoms with van der Waals surface area (Å²) in [5, 5.41) is 25.8. The van der Waals surface area contributed by atoms with Crippen molar-refractivity contribution in [3.63, 3.8) is 0 Å². The van der Waals surface area contributed by atoms with E-state index in [4.69, 9.17) is 16.6 Å². The number of nitrogens with two attached hydrogens (primary N) is 2. The lowest BCUT2D eigenvalue weighted by atomic mass is 10.0. The number of H-pyrrole nitrogens is 1. The Bertz CT molecular complexity index is 787. The predicted molar refractivity (Wildman–Crippen MR) is 123 cm³/mol. The minimum Gasteiger partial charge on any atom is -0.480 e. The predicted octanol–water partition coefficient (Wildman–Crippen LogP) is -2.01. The molecule has 0 bridgehead atoms. The first-order valence-corrected chi connectivity index (χ1v) is 11.3. The third kappa shape index (κ3) is 10.3. The Morgan fingerprint density at radius 2 is 1.65 bits per heavy atom. The lowest BCUT2D eigenvalue weighted by molar-refractivity contribution is -0.143. The van der Waals surface area contributed by atoms with E-state index in [9.17, 15) is 24.3 Å². The van der Waals surface area contributed by atoms with Crippen molar-refractivity contribution in [1.29, 1.82) is 0 Å². The molecule has 1 heterocycles. The summed E-state index contributed by atoms with van der Waals surface area (Å²) in [6, 6.07) is -4.49. The Morgan fingerprint density at radius 3 is 2.18 bits per heavy atom. The number of aromatic amines is 1. The number of aliphatic hydroxyl groups excluding tert-OH is 1. The van der Waals surface area contributed by atoms with E-state index >= 15 is 0 Å². The summed E-state index contributed by atoms with van der Waals surface area (Å²) in [5.41, 5.74) is 11.9. The molecule has 3 amide bonds. The number of carboxylic acids is 1. The van der Waals surface area contributed by atoms with Crippen molar-refractivity contribution < 1.29 is 29.4 Å². The van der Waals surface area contributed by atoms with Gasteiger partial charge in [-0.1, -0.05) is 20.3 Å². The molecule has 13 heteroatoms. The van der Waals surface area contributed by atoms with E-state index in [1.165, 1.54) is 12.5 Å². The normalized spacial score (nSPS) is 14.6. The van der Waals surface area contributed by atoms with E-state index in [1.54, 1.807) is 0 Å². The standard InChI is InChI=1S/C21H37N7O6/c1-12(2)7-15(26-18(30)14(23)5-3-4-6-22)19(31)27-16(8-13-9-24-11-25-13)20(32)28-17(10-29)21(33)34/h9,11-12,14-17,29H,3-8,10,22-23H2,1-2H3,(H,24,25)(H,26,30)(H,27,31)(H,28,32)(H,33,34). The number of aliphatic hydroxyl groups is 1. The van der Waals surface area contributed by atoms with Gasteiger partial charge in [-0.3, -0.25) is 14.4 Å². The van der Waals surface area contributed by atoms with Crippen LogP contribution in [-0.4, -0.2) is 81.2 Å². The number of carbonyl (C=O) groups excluding carboxylic acids is 3. The summed E-state index contributed by atoms with van der Waals surface area (Å²) in [6.45, 7) is 3.42. The molecule has 0 saturated heterocycles. The Balaban J connectivity index is 2.96. The lowest BCUT2D eigenvalue weighted by Gasteiger charge is -2.25. The smallest absolute Gasteiger partial charge is 0.328 e. The fourth-order valence-electron chi connectivity index (χ4n) is 3.18. The largest absolute Gasteiger partial charge is 0.480 e. The highest BCUT2D eigenvalue weighted by Crippen LogP contribution is 2.08. The van der Waals surface area contributed by atoms with Crippen LogP contribution in [0, 0.1) is 5.92 Å². The monoisotopic (exact) mass is 483 g/mol. The zero-order chi connectivity index (χ0) is 25.7. The van der Waals surface area contributed by atoms with Gasteiger partial charge >= 0.3 is 5.97 Å². The highest BCUT2D eigenvalue weighted by Gasteiger charge is 2.31. The van der Waals surface area contributed by atoms with E-state index < -0.39 is 54.5 Å². The number of hydrogen-bond acceptors (Lipinski definition) is 8. The zero-order valence-electron chi connectivity index (χ0n) is 19.6. The number of imidazole rings is 1. The minimum atomic E-state index is -1.54. The quantitative estimate of drug-likeness (QED) is 0.121. The number of aliphatic carboxylic acids is 1. The van der Waals surface area contributed by atoms with Gasteiger partial charge in [0.25, 0.3) is 0 Å². The summed E-state index contributed by atoms with van der Waals surface area (Å²) < 4.78 is 0.